The van der Waals surface area contributed by atoms with Crippen LogP contribution in [0.4, 0.5) is 0 Å². The fourth-order valence-corrected chi connectivity index (χ4v) is 6.73. The first-order valence-corrected chi connectivity index (χ1v) is 17.0. The lowest BCUT2D eigenvalue weighted by atomic mass is 9.78. The first-order chi connectivity index (χ1) is 20.7. The third-order valence-electron chi connectivity index (χ3n) is 9.10. The fourth-order valence-electron chi connectivity index (χ4n) is 6.73. The molecule has 4 aromatic carbocycles. The molecule has 42 heavy (non-hydrogen) atoms. The lowest BCUT2D eigenvalue weighted by Gasteiger charge is -2.27. The standard InChI is InChI=1S/C42H54/c1-4-7-13-28-40(34-22-16-10-17-23-34)37-31-38(41(29-14-8-5-2)35-24-18-11-19-25-35)33-39(32-37)42(30-15-9-6-3)36-26-20-12-21-27-36/h10-12,16-27,31-33,40-42H,4-9,13-15,28-30H2,1-3H3. The molecule has 222 valence electrons. The van der Waals surface area contributed by atoms with Crippen molar-refractivity contribution in [2.75, 3.05) is 0 Å². The highest BCUT2D eigenvalue weighted by atomic mass is 14.3. The van der Waals surface area contributed by atoms with Gasteiger partial charge in [0.1, 0.15) is 0 Å². The van der Waals surface area contributed by atoms with Crippen LogP contribution < -0.4 is 0 Å². The van der Waals surface area contributed by atoms with E-state index in [1.165, 1.54) is 110 Å². The van der Waals surface area contributed by atoms with Crippen LogP contribution in [0.15, 0.2) is 109 Å². The highest BCUT2D eigenvalue weighted by Gasteiger charge is 2.23. The maximum absolute atomic E-state index is 2.60. The van der Waals surface area contributed by atoms with E-state index in [2.05, 4.69) is 130 Å². The monoisotopic (exact) mass is 558 g/mol. The second-order valence-corrected chi connectivity index (χ2v) is 12.3. The molecule has 0 N–H and O–H groups in total. The van der Waals surface area contributed by atoms with Crippen LogP contribution in [0.5, 0.6) is 0 Å². The number of rotatable bonds is 18. The van der Waals surface area contributed by atoms with E-state index >= 15 is 0 Å². The topological polar surface area (TPSA) is 0 Å². The van der Waals surface area contributed by atoms with E-state index in [4.69, 9.17) is 0 Å². The molecule has 0 fully saturated rings. The zero-order chi connectivity index (χ0) is 29.4. The Morgan fingerprint density at radius 3 is 0.833 bits per heavy atom. The van der Waals surface area contributed by atoms with Gasteiger partial charge in [0, 0.05) is 17.8 Å². The molecule has 0 aliphatic carbocycles. The third kappa shape index (κ3) is 9.19. The molecule has 4 aromatic rings. The lowest BCUT2D eigenvalue weighted by Crippen LogP contribution is -2.10. The summed E-state index contributed by atoms with van der Waals surface area (Å²) in [5.74, 6) is 1.28. The second kappa shape index (κ2) is 17.7. The van der Waals surface area contributed by atoms with Gasteiger partial charge in [-0.2, -0.15) is 0 Å². The molecule has 0 aliphatic heterocycles. The van der Waals surface area contributed by atoms with Crippen molar-refractivity contribution in [1.82, 2.24) is 0 Å². The molecule has 4 rings (SSSR count). The van der Waals surface area contributed by atoms with Gasteiger partial charge in [-0.1, -0.05) is 188 Å². The molecular formula is C42H54. The summed E-state index contributed by atoms with van der Waals surface area (Å²) in [6.07, 6.45) is 15.1. The van der Waals surface area contributed by atoms with E-state index in [9.17, 15) is 0 Å². The molecule has 0 heterocycles. The Labute approximate surface area is 257 Å². The average Bonchev–Trinajstić information content (AvgIpc) is 3.04. The van der Waals surface area contributed by atoms with E-state index < -0.39 is 0 Å². The van der Waals surface area contributed by atoms with Crippen molar-refractivity contribution in [1.29, 1.82) is 0 Å². The predicted octanol–water partition coefficient (Wildman–Crippen LogP) is 12.8. The van der Waals surface area contributed by atoms with Crippen LogP contribution in [0.1, 0.15) is 149 Å². The predicted molar refractivity (Wildman–Crippen MR) is 184 cm³/mol. The molecular weight excluding hydrogens is 504 g/mol. The number of hydrogen-bond acceptors (Lipinski definition) is 0. The summed E-state index contributed by atoms with van der Waals surface area (Å²) in [5, 5.41) is 0. The van der Waals surface area contributed by atoms with Crippen molar-refractivity contribution in [2.45, 2.75) is 116 Å². The first kappa shape index (κ1) is 31.8. The van der Waals surface area contributed by atoms with Gasteiger partial charge in [-0.15, -0.1) is 0 Å². The summed E-state index contributed by atoms with van der Waals surface area (Å²) in [7, 11) is 0. The Hall–Kier alpha value is -3.12. The van der Waals surface area contributed by atoms with Crippen LogP contribution >= 0.6 is 0 Å². The van der Waals surface area contributed by atoms with Gasteiger partial charge in [-0.05, 0) is 52.6 Å². The highest BCUT2D eigenvalue weighted by molar-refractivity contribution is 5.45. The lowest BCUT2D eigenvalue weighted by molar-refractivity contribution is 0.600. The van der Waals surface area contributed by atoms with Gasteiger partial charge < -0.3 is 0 Å². The van der Waals surface area contributed by atoms with Gasteiger partial charge in [0.15, 0.2) is 0 Å². The minimum atomic E-state index is 0.426. The van der Waals surface area contributed by atoms with Crippen molar-refractivity contribution >= 4 is 0 Å². The molecule has 0 saturated heterocycles. The van der Waals surface area contributed by atoms with Crippen LogP contribution in [0, 0.1) is 0 Å². The molecule has 3 atom stereocenters. The van der Waals surface area contributed by atoms with Gasteiger partial charge in [0.2, 0.25) is 0 Å². The maximum Gasteiger partial charge on any atom is 0.00895 e. The Kier molecular flexibility index (Phi) is 13.4. The Morgan fingerprint density at radius 1 is 0.333 bits per heavy atom. The van der Waals surface area contributed by atoms with Crippen LogP contribution in [-0.2, 0) is 0 Å². The SMILES string of the molecule is CCCCCC(c1ccccc1)c1cc(C(CCCCC)c2ccccc2)cc(C(CCCCC)c2ccccc2)c1. The largest absolute Gasteiger partial charge is 0.0654 e. The van der Waals surface area contributed by atoms with Gasteiger partial charge in [0.25, 0.3) is 0 Å². The van der Waals surface area contributed by atoms with E-state index in [1.54, 1.807) is 0 Å². The highest BCUT2D eigenvalue weighted by Crippen LogP contribution is 2.40. The number of unbranched alkanes of at least 4 members (excludes halogenated alkanes) is 6. The molecule has 0 spiro atoms. The van der Waals surface area contributed by atoms with Crippen molar-refractivity contribution in [3.63, 3.8) is 0 Å². The van der Waals surface area contributed by atoms with Crippen LogP contribution in [0.3, 0.4) is 0 Å². The molecule has 0 saturated carbocycles. The molecule has 0 amide bonds. The van der Waals surface area contributed by atoms with Crippen LogP contribution in [0.25, 0.3) is 0 Å². The summed E-state index contributed by atoms with van der Waals surface area (Å²) < 4.78 is 0. The van der Waals surface area contributed by atoms with Gasteiger partial charge >= 0.3 is 0 Å². The molecule has 0 radical (unpaired) electrons. The minimum Gasteiger partial charge on any atom is -0.0654 e. The van der Waals surface area contributed by atoms with Crippen molar-refractivity contribution < 1.29 is 0 Å². The van der Waals surface area contributed by atoms with Crippen molar-refractivity contribution in [3.8, 4) is 0 Å². The molecule has 3 unspecified atom stereocenters. The van der Waals surface area contributed by atoms with Gasteiger partial charge in [-0.25, -0.2) is 0 Å². The Balaban J connectivity index is 1.88. The molecule has 0 aliphatic rings. The van der Waals surface area contributed by atoms with Crippen molar-refractivity contribution in [2.24, 2.45) is 0 Å². The van der Waals surface area contributed by atoms with E-state index in [1.807, 2.05) is 0 Å². The summed E-state index contributed by atoms with van der Waals surface area (Å²) in [6, 6.07) is 41.8. The first-order valence-electron chi connectivity index (χ1n) is 17.0. The average molecular weight is 559 g/mol. The zero-order valence-corrected chi connectivity index (χ0v) is 26.6. The van der Waals surface area contributed by atoms with Gasteiger partial charge in [-0.3, -0.25) is 0 Å². The minimum absolute atomic E-state index is 0.426. The number of benzene rings is 4. The Bertz CT molecular complexity index is 1080. The zero-order valence-electron chi connectivity index (χ0n) is 26.6. The van der Waals surface area contributed by atoms with E-state index in [0.717, 1.165) is 0 Å². The smallest absolute Gasteiger partial charge is 0.00895 e. The maximum atomic E-state index is 2.60. The Morgan fingerprint density at radius 2 is 0.595 bits per heavy atom. The second-order valence-electron chi connectivity index (χ2n) is 12.3. The summed E-state index contributed by atoms with van der Waals surface area (Å²) in [4.78, 5) is 0. The molecule has 0 heteroatoms. The molecule has 0 aromatic heterocycles. The molecule has 0 bridgehead atoms. The van der Waals surface area contributed by atoms with Crippen molar-refractivity contribution in [3.05, 3.63) is 143 Å². The number of hydrogen-bond donors (Lipinski definition) is 0. The summed E-state index contributed by atoms with van der Waals surface area (Å²) in [5.41, 5.74) is 8.91. The molecule has 0 nitrogen and oxygen atoms in total. The summed E-state index contributed by atoms with van der Waals surface area (Å²) >= 11 is 0. The third-order valence-corrected chi connectivity index (χ3v) is 9.10. The van der Waals surface area contributed by atoms with Gasteiger partial charge in [0.05, 0.1) is 0 Å². The fraction of sp³-hybridized carbons (Fsp3) is 0.429. The quantitative estimate of drug-likeness (QED) is 0.107. The summed E-state index contributed by atoms with van der Waals surface area (Å²) in [6.45, 7) is 6.95. The normalized spacial score (nSPS) is 13.5. The van der Waals surface area contributed by atoms with E-state index in [-0.39, 0.29) is 0 Å². The van der Waals surface area contributed by atoms with Crippen LogP contribution in [-0.4, -0.2) is 0 Å². The van der Waals surface area contributed by atoms with E-state index in [0.29, 0.717) is 17.8 Å². The van der Waals surface area contributed by atoms with Crippen LogP contribution in [0.2, 0.25) is 0 Å².